The van der Waals surface area contributed by atoms with Gasteiger partial charge in [-0.3, -0.25) is 9.59 Å². The smallest absolute Gasteiger partial charge is 0.407 e. The van der Waals surface area contributed by atoms with Gasteiger partial charge in [0, 0.05) is 25.6 Å². The van der Waals surface area contributed by atoms with Crippen LogP contribution < -0.4 is 5.32 Å². The third kappa shape index (κ3) is 4.20. The zero-order chi connectivity index (χ0) is 22.8. The summed E-state index contributed by atoms with van der Waals surface area (Å²) in [7, 11) is 0. The standard InChI is InChI=1S/C25H28N2O5/c1-15(23(28)27-12-16(2)21(13-27)24(29)30)11-26-25(31)32-14-22-19-9-5-3-7-17(19)18-8-4-6-10-20(18)22/h3-10,15-16,21-22H,11-14H2,1-2H3,(H,26,31)(H,29,30)/t15?,16-,21-/m0/s1. The largest absolute Gasteiger partial charge is 0.481 e. The highest BCUT2D eigenvalue weighted by Gasteiger charge is 2.38. The van der Waals surface area contributed by atoms with Gasteiger partial charge in [0.1, 0.15) is 6.61 Å². The molecule has 32 heavy (non-hydrogen) atoms. The fourth-order valence-corrected chi connectivity index (χ4v) is 4.75. The van der Waals surface area contributed by atoms with Crippen molar-refractivity contribution < 1.29 is 24.2 Å². The Hall–Kier alpha value is -3.35. The monoisotopic (exact) mass is 436 g/mol. The summed E-state index contributed by atoms with van der Waals surface area (Å²) in [4.78, 5) is 37.8. The van der Waals surface area contributed by atoms with Gasteiger partial charge in [-0.15, -0.1) is 0 Å². The van der Waals surface area contributed by atoms with Gasteiger partial charge in [0.15, 0.2) is 0 Å². The minimum absolute atomic E-state index is 0.0220. The Morgan fingerprint density at radius 2 is 1.66 bits per heavy atom. The average molecular weight is 437 g/mol. The number of carbonyl (C=O) groups excluding carboxylic acids is 2. The maximum absolute atomic E-state index is 12.7. The van der Waals surface area contributed by atoms with E-state index in [2.05, 4.69) is 29.6 Å². The lowest BCUT2D eigenvalue weighted by Gasteiger charge is -2.21. The van der Waals surface area contributed by atoms with Crippen LogP contribution in [-0.4, -0.2) is 54.2 Å². The van der Waals surface area contributed by atoms with Gasteiger partial charge in [0.25, 0.3) is 0 Å². The number of carboxylic acid groups (broad SMARTS) is 1. The lowest BCUT2D eigenvalue weighted by atomic mass is 9.98. The molecule has 2 aliphatic rings. The van der Waals surface area contributed by atoms with E-state index in [0.29, 0.717) is 6.54 Å². The number of carboxylic acids is 1. The summed E-state index contributed by atoms with van der Waals surface area (Å²) >= 11 is 0. The average Bonchev–Trinajstić information content (AvgIpc) is 3.34. The van der Waals surface area contributed by atoms with Crippen LogP contribution in [0.2, 0.25) is 0 Å². The van der Waals surface area contributed by atoms with Gasteiger partial charge in [-0.2, -0.15) is 0 Å². The second kappa shape index (κ2) is 9.02. The fraction of sp³-hybridized carbons (Fsp3) is 0.400. The van der Waals surface area contributed by atoms with Crippen LogP contribution in [0.3, 0.4) is 0 Å². The van der Waals surface area contributed by atoms with Crippen molar-refractivity contribution in [2.24, 2.45) is 17.8 Å². The second-order valence-electron chi connectivity index (χ2n) is 8.77. The van der Waals surface area contributed by atoms with E-state index in [9.17, 15) is 19.5 Å². The number of rotatable bonds is 6. The van der Waals surface area contributed by atoms with Gasteiger partial charge < -0.3 is 20.1 Å². The molecule has 7 nitrogen and oxygen atoms in total. The van der Waals surface area contributed by atoms with Crippen LogP contribution >= 0.6 is 0 Å². The zero-order valence-corrected chi connectivity index (χ0v) is 18.3. The number of benzene rings is 2. The third-order valence-corrected chi connectivity index (χ3v) is 6.56. The highest BCUT2D eigenvalue weighted by atomic mass is 16.5. The number of nitrogens with one attached hydrogen (secondary N) is 1. The molecule has 1 fully saturated rings. The molecule has 1 heterocycles. The number of hydrogen-bond donors (Lipinski definition) is 2. The number of carbonyl (C=O) groups is 3. The minimum atomic E-state index is -0.878. The summed E-state index contributed by atoms with van der Waals surface area (Å²) in [5, 5.41) is 11.9. The van der Waals surface area contributed by atoms with Gasteiger partial charge in [-0.1, -0.05) is 62.4 Å². The molecule has 1 saturated heterocycles. The van der Waals surface area contributed by atoms with E-state index < -0.39 is 23.9 Å². The van der Waals surface area contributed by atoms with Crippen molar-refractivity contribution in [2.75, 3.05) is 26.2 Å². The van der Waals surface area contributed by atoms with Crippen molar-refractivity contribution in [1.29, 1.82) is 0 Å². The number of fused-ring (bicyclic) bond motifs is 3. The van der Waals surface area contributed by atoms with Crippen molar-refractivity contribution in [1.82, 2.24) is 10.2 Å². The number of nitrogens with zero attached hydrogens (tertiary/aromatic N) is 1. The molecule has 0 aromatic heterocycles. The SMILES string of the molecule is CC(CNC(=O)OCC1c2ccccc2-c2ccccc21)C(=O)N1C[C@H](C(=O)O)[C@@H](C)C1. The van der Waals surface area contributed by atoms with Gasteiger partial charge in [0.2, 0.25) is 5.91 Å². The summed E-state index contributed by atoms with van der Waals surface area (Å²) in [6, 6.07) is 16.3. The first-order valence-electron chi connectivity index (χ1n) is 11.0. The first-order chi connectivity index (χ1) is 15.4. The number of alkyl carbamates (subject to hydrolysis) is 1. The molecule has 2 aromatic carbocycles. The van der Waals surface area contributed by atoms with Crippen molar-refractivity contribution in [3.05, 3.63) is 59.7 Å². The quantitative estimate of drug-likeness (QED) is 0.724. The molecule has 1 aliphatic heterocycles. The zero-order valence-electron chi connectivity index (χ0n) is 18.3. The molecule has 3 atom stereocenters. The molecule has 1 unspecified atom stereocenters. The maximum atomic E-state index is 12.7. The van der Waals surface area contributed by atoms with Crippen LogP contribution in [0.5, 0.6) is 0 Å². The summed E-state index contributed by atoms with van der Waals surface area (Å²) in [6.07, 6.45) is -0.565. The van der Waals surface area contributed by atoms with Gasteiger partial charge in [-0.05, 0) is 28.2 Å². The van der Waals surface area contributed by atoms with Crippen LogP contribution in [0, 0.1) is 17.8 Å². The topological polar surface area (TPSA) is 95.9 Å². The first-order valence-corrected chi connectivity index (χ1v) is 11.0. The molecular weight excluding hydrogens is 408 g/mol. The van der Waals surface area contributed by atoms with Crippen molar-refractivity contribution >= 4 is 18.0 Å². The van der Waals surface area contributed by atoms with Crippen molar-refractivity contribution in [2.45, 2.75) is 19.8 Å². The molecule has 168 valence electrons. The molecule has 2 N–H and O–H groups in total. The molecule has 7 heteroatoms. The molecule has 0 saturated carbocycles. The number of aliphatic carboxylic acids is 1. The van der Waals surface area contributed by atoms with E-state index in [0.717, 1.165) is 22.3 Å². The maximum Gasteiger partial charge on any atom is 0.407 e. The summed E-state index contributed by atoms with van der Waals surface area (Å²) in [5.41, 5.74) is 4.61. The molecule has 0 bridgehead atoms. The molecule has 2 amide bonds. The van der Waals surface area contributed by atoms with Crippen LogP contribution in [0.1, 0.15) is 30.9 Å². The molecule has 1 aliphatic carbocycles. The van der Waals surface area contributed by atoms with Crippen molar-refractivity contribution in [3.8, 4) is 11.1 Å². The fourth-order valence-electron chi connectivity index (χ4n) is 4.75. The Morgan fingerprint density at radius 3 is 2.22 bits per heavy atom. The predicted octanol–water partition coefficient (Wildman–Crippen LogP) is 3.34. The van der Waals surface area contributed by atoms with Gasteiger partial charge >= 0.3 is 12.1 Å². The van der Waals surface area contributed by atoms with Crippen LogP contribution in [0.15, 0.2) is 48.5 Å². The lowest BCUT2D eigenvalue weighted by Crippen LogP contribution is -2.40. The Morgan fingerprint density at radius 1 is 1.06 bits per heavy atom. The number of hydrogen-bond acceptors (Lipinski definition) is 4. The van der Waals surface area contributed by atoms with Crippen molar-refractivity contribution in [3.63, 3.8) is 0 Å². The summed E-state index contributed by atoms with van der Waals surface area (Å²) in [6.45, 7) is 4.55. The van der Waals surface area contributed by atoms with E-state index in [-0.39, 0.29) is 37.4 Å². The Balaban J connectivity index is 1.30. The molecular formula is C25H28N2O5. The van der Waals surface area contributed by atoms with Crippen LogP contribution in [-0.2, 0) is 14.3 Å². The summed E-state index contributed by atoms with van der Waals surface area (Å²) in [5.74, 6) is -2.14. The molecule has 0 radical (unpaired) electrons. The summed E-state index contributed by atoms with van der Waals surface area (Å²) < 4.78 is 5.51. The van der Waals surface area contributed by atoms with E-state index in [1.54, 1.807) is 11.8 Å². The van der Waals surface area contributed by atoms with E-state index >= 15 is 0 Å². The van der Waals surface area contributed by atoms with Crippen LogP contribution in [0.25, 0.3) is 11.1 Å². The number of ether oxygens (including phenoxy) is 1. The Labute approximate surface area is 187 Å². The second-order valence-corrected chi connectivity index (χ2v) is 8.77. The minimum Gasteiger partial charge on any atom is -0.481 e. The highest BCUT2D eigenvalue weighted by Crippen LogP contribution is 2.44. The van der Waals surface area contributed by atoms with Crippen LogP contribution in [0.4, 0.5) is 4.79 Å². The number of likely N-dealkylation sites (tertiary alicyclic amines) is 1. The van der Waals surface area contributed by atoms with E-state index in [1.807, 2.05) is 31.2 Å². The van der Waals surface area contributed by atoms with Gasteiger partial charge in [0.05, 0.1) is 11.8 Å². The third-order valence-electron chi connectivity index (χ3n) is 6.56. The van der Waals surface area contributed by atoms with Gasteiger partial charge in [-0.25, -0.2) is 4.79 Å². The Kier molecular flexibility index (Phi) is 6.17. The molecule has 2 aromatic rings. The molecule has 0 spiro atoms. The van der Waals surface area contributed by atoms with E-state index in [4.69, 9.17) is 4.74 Å². The first kappa shape index (κ1) is 21.9. The lowest BCUT2D eigenvalue weighted by molar-refractivity contribution is -0.142. The highest BCUT2D eigenvalue weighted by molar-refractivity contribution is 5.82. The number of amides is 2. The molecule has 4 rings (SSSR count). The normalized spacial score (nSPS) is 20.4. The predicted molar refractivity (Wildman–Crippen MR) is 119 cm³/mol. The Bertz CT molecular complexity index is 991. The van der Waals surface area contributed by atoms with E-state index in [1.165, 1.54) is 0 Å².